The third kappa shape index (κ3) is 2.59. The predicted octanol–water partition coefficient (Wildman–Crippen LogP) is 1.69. The molecule has 0 amide bonds. The number of thiazole rings is 1. The molecule has 0 fully saturated rings. The van der Waals surface area contributed by atoms with Crippen LogP contribution in [0, 0.1) is 0 Å². The Kier molecular flexibility index (Phi) is 3.51. The minimum atomic E-state index is -0.348. The van der Waals surface area contributed by atoms with Crippen molar-refractivity contribution in [3.63, 3.8) is 0 Å². The van der Waals surface area contributed by atoms with Crippen LogP contribution in [0.15, 0.2) is 11.6 Å². The second kappa shape index (κ2) is 4.46. The van der Waals surface area contributed by atoms with E-state index in [0.29, 0.717) is 16.9 Å². The summed E-state index contributed by atoms with van der Waals surface area (Å²) in [6, 6.07) is 0. The average molecular weight is 236 g/mol. The molecule has 60 valence electrons. The summed E-state index contributed by atoms with van der Waals surface area (Å²) in [5.74, 6) is -0.348. The summed E-state index contributed by atoms with van der Waals surface area (Å²) < 4.78 is 4.80. The zero-order valence-corrected chi connectivity index (χ0v) is 8.02. The maximum atomic E-state index is 11.0. The molecule has 0 N–H and O–H groups in total. The van der Waals surface area contributed by atoms with Gasteiger partial charge in [-0.15, -0.1) is 11.3 Å². The predicted molar refractivity (Wildman–Crippen MR) is 46.2 cm³/mol. The molecule has 0 aromatic carbocycles. The first-order valence-electron chi connectivity index (χ1n) is 2.97. The topological polar surface area (TPSA) is 39.2 Å². The minimum absolute atomic E-state index is 0.348. The second-order valence-electron chi connectivity index (χ2n) is 1.66. The molecular weight excluding hydrogens is 230 g/mol. The van der Waals surface area contributed by atoms with Crippen LogP contribution in [0.25, 0.3) is 0 Å². The summed E-state index contributed by atoms with van der Waals surface area (Å²) in [6.45, 7) is 0.387. The highest BCUT2D eigenvalue weighted by Crippen LogP contribution is 2.05. The first-order valence-corrected chi connectivity index (χ1v) is 4.97. The van der Waals surface area contributed by atoms with E-state index in [9.17, 15) is 4.79 Å². The summed E-state index contributed by atoms with van der Waals surface area (Å²) >= 11 is 4.43. The Hall–Kier alpha value is -0.420. The Morgan fingerprint density at radius 2 is 2.64 bits per heavy atom. The molecule has 0 saturated carbocycles. The van der Waals surface area contributed by atoms with Gasteiger partial charge in [-0.25, -0.2) is 9.78 Å². The van der Waals surface area contributed by atoms with Gasteiger partial charge in [0, 0.05) is 16.9 Å². The number of esters is 1. The van der Waals surface area contributed by atoms with Gasteiger partial charge in [0.25, 0.3) is 0 Å². The largest absolute Gasteiger partial charge is 0.459 e. The summed E-state index contributed by atoms with van der Waals surface area (Å²) in [5, 5.41) is 2.81. The monoisotopic (exact) mass is 235 g/mol. The SMILES string of the molecule is O=C(OCCBr)c1nccs1. The molecule has 1 aromatic heterocycles. The van der Waals surface area contributed by atoms with Crippen LogP contribution in [-0.4, -0.2) is 22.9 Å². The van der Waals surface area contributed by atoms with Crippen molar-refractivity contribution in [2.24, 2.45) is 0 Å². The lowest BCUT2D eigenvalue weighted by Crippen LogP contribution is -2.06. The number of rotatable bonds is 3. The van der Waals surface area contributed by atoms with Gasteiger partial charge in [-0.1, -0.05) is 15.9 Å². The summed E-state index contributed by atoms with van der Waals surface area (Å²) in [5.41, 5.74) is 0. The summed E-state index contributed by atoms with van der Waals surface area (Å²) in [4.78, 5) is 14.8. The maximum absolute atomic E-state index is 11.0. The Morgan fingerprint density at radius 3 is 3.18 bits per heavy atom. The molecule has 1 heterocycles. The van der Waals surface area contributed by atoms with E-state index in [1.54, 1.807) is 11.6 Å². The van der Waals surface area contributed by atoms with Crippen LogP contribution in [0.4, 0.5) is 0 Å². The average Bonchev–Trinajstić information content (AvgIpc) is 2.52. The van der Waals surface area contributed by atoms with Gasteiger partial charge in [-0.3, -0.25) is 0 Å². The Bertz CT molecular complexity index is 224. The number of halogens is 1. The molecule has 0 spiro atoms. The van der Waals surface area contributed by atoms with E-state index in [1.807, 2.05) is 0 Å². The van der Waals surface area contributed by atoms with E-state index in [-0.39, 0.29) is 5.97 Å². The highest BCUT2D eigenvalue weighted by atomic mass is 79.9. The molecule has 1 rings (SSSR count). The van der Waals surface area contributed by atoms with Gasteiger partial charge in [0.15, 0.2) is 0 Å². The molecule has 1 aromatic rings. The van der Waals surface area contributed by atoms with E-state index in [0.717, 1.165) is 0 Å². The highest BCUT2D eigenvalue weighted by molar-refractivity contribution is 9.09. The first-order chi connectivity index (χ1) is 5.34. The van der Waals surface area contributed by atoms with Crippen LogP contribution < -0.4 is 0 Å². The minimum Gasteiger partial charge on any atom is -0.459 e. The number of carbonyl (C=O) groups excluding carboxylic acids is 1. The van der Waals surface area contributed by atoms with Gasteiger partial charge in [0.1, 0.15) is 6.61 Å². The van der Waals surface area contributed by atoms with E-state index in [2.05, 4.69) is 20.9 Å². The van der Waals surface area contributed by atoms with Gasteiger partial charge in [-0.05, 0) is 0 Å². The van der Waals surface area contributed by atoms with Crippen molar-refractivity contribution in [3.05, 3.63) is 16.6 Å². The van der Waals surface area contributed by atoms with Crippen molar-refractivity contribution in [1.82, 2.24) is 4.98 Å². The third-order valence-electron chi connectivity index (χ3n) is 0.917. The number of hydrogen-bond donors (Lipinski definition) is 0. The van der Waals surface area contributed by atoms with Crippen molar-refractivity contribution in [3.8, 4) is 0 Å². The van der Waals surface area contributed by atoms with Crippen molar-refractivity contribution in [2.75, 3.05) is 11.9 Å². The third-order valence-corrected chi connectivity index (χ3v) is 1.99. The lowest BCUT2D eigenvalue weighted by atomic mass is 10.7. The zero-order valence-electron chi connectivity index (χ0n) is 5.62. The van der Waals surface area contributed by atoms with Crippen LogP contribution in [0.3, 0.4) is 0 Å². The van der Waals surface area contributed by atoms with Gasteiger partial charge in [-0.2, -0.15) is 0 Å². The molecule has 5 heteroatoms. The first kappa shape index (κ1) is 8.67. The molecule has 0 bridgehead atoms. The highest BCUT2D eigenvalue weighted by Gasteiger charge is 2.07. The molecule has 0 radical (unpaired) electrons. The van der Waals surface area contributed by atoms with Crippen LogP contribution in [0.2, 0.25) is 0 Å². The van der Waals surface area contributed by atoms with E-state index >= 15 is 0 Å². The quantitative estimate of drug-likeness (QED) is 0.592. The number of ether oxygens (including phenoxy) is 1. The van der Waals surface area contributed by atoms with Gasteiger partial charge in [0.2, 0.25) is 5.01 Å². The molecule has 0 aliphatic heterocycles. The van der Waals surface area contributed by atoms with Gasteiger partial charge >= 0.3 is 5.97 Å². The van der Waals surface area contributed by atoms with Crippen LogP contribution >= 0.6 is 27.3 Å². The smallest absolute Gasteiger partial charge is 0.367 e. The van der Waals surface area contributed by atoms with E-state index in [4.69, 9.17) is 4.74 Å². The Balaban J connectivity index is 2.43. The maximum Gasteiger partial charge on any atom is 0.367 e. The second-order valence-corrected chi connectivity index (χ2v) is 3.35. The normalized spacial score (nSPS) is 9.55. The van der Waals surface area contributed by atoms with E-state index in [1.165, 1.54) is 11.3 Å². The Morgan fingerprint density at radius 1 is 1.82 bits per heavy atom. The number of alkyl halides is 1. The summed E-state index contributed by atoms with van der Waals surface area (Å²) in [6.07, 6.45) is 1.58. The number of carbonyl (C=O) groups is 1. The zero-order chi connectivity index (χ0) is 8.10. The lowest BCUT2D eigenvalue weighted by Gasteiger charge is -1.96. The van der Waals surface area contributed by atoms with Crippen LogP contribution in [0.5, 0.6) is 0 Å². The molecule has 0 atom stereocenters. The number of nitrogens with zero attached hydrogens (tertiary/aromatic N) is 1. The van der Waals surface area contributed by atoms with Crippen molar-refractivity contribution >= 4 is 33.2 Å². The fraction of sp³-hybridized carbons (Fsp3) is 0.333. The molecule has 11 heavy (non-hydrogen) atoms. The molecule has 0 saturated heterocycles. The Labute approximate surface area is 76.5 Å². The fourth-order valence-electron chi connectivity index (χ4n) is 0.517. The molecule has 0 aliphatic carbocycles. The molecule has 0 unspecified atom stereocenters. The fourth-order valence-corrected chi connectivity index (χ4v) is 1.21. The number of aromatic nitrogens is 1. The standard InChI is InChI=1S/C6H6BrNO2S/c7-1-3-10-6(9)5-8-2-4-11-5/h2,4H,1,3H2. The van der Waals surface area contributed by atoms with Crippen molar-refractivity contribution < 1.29 is 9.53 Å². The van der Waals surface area contributed by atoms with Crippen molar-refractivity contribution in [2.45, 2.75) is 0 Å². The molecule has 0 aliphatic rings. The van der Waals surface area contributed by atoms with Gasteiger partial charge in [0.05, 0.1) is 0 Å². The van der Waals surface area contributed by atoms with E-state index < -0.39 is 0 Å². The molecule has 3 nitrogen and oxygen atoms in total. The molecular formula is C6H6BrNO2S. The van der Waals surface area contributed by atoms with Crippen LogP contribution in [-0.2, 0) is 4.74 Å². The van der Waals surface area contributed by atoms with Crippen LogP contribution in [0.1, 0.15) is 9.80 Å². The summed E-state index contributed by atoms with van der Waals surface area (Å²) in [7, 11) is 0. The van der Waals surface area contributed by atoms with Crippen molar-refractivity contribution in [1.29, 1.82) is 0 Å². The lowest BCUT2D eigenvalue weighted by molar-refractivity contribution is 0.0531. The van der Waals surface area contributed by atoms with Gasteiger partial charge < -0.3 is 4.74 Å². The number of hydrogen-bond acceptors (Lipinski definition) is 4.